The summed E-state index contributed by atoms with van der Waals surface area (Å²) in [5, 5.41) is 8.70. The molecular weight excluding hydrogens is 261 g/mol. The van der Waals surface area contributed by atoms with Crippen LogP contribution in [0.5, 0.6) is 0 Å². The molecule has 0 aromatic carbocycles. The zero-order valence-electron chi connectivity index (χ0n) is 9.18. The van der Waals surface area contributed by atoms with Gasteiger partial charge in [-0.15, -0.1) is 0 Å². The highest BCUT2D eigenvalue weighted by Crippen LogP contribution is 2.47. The molecule has 102 valence electrons. The van der Waals surface area contributed by atoms with E-state index in [2.05, 4.69) is 0 Å². The summed E-state index contributed by atoms with van der Waals surface area (Å²) in [6.07, 6.45) is -3.62. The molecule has 3 nitrogen and oxygen atoms in total. The molecule has 0 saturated heterocycles. The largest absolute Gasteiger partial charge is 0.481 e. The molecule has 3 atom stereocenters. The average molecular weight is 271 g/mol. The number of hydrogen-bond donors (Lipinski definition) is 2. The van der Waals surface area contributed by atoms with Gasteiger partial charge in [0.2, 0.25) is 5.67 Å². The Labute approximate surface area is 98.8 Å². The number of alkyl halides is 2. The first-order valence-electron chi connectivity index (χ1n) is 4.96. The van der Waals surface area contributed by atoms with Crippen molar-refractivity contribution in [2.75, 3.05) is 0 Å². The molecule has 3 N–H and O–H groups in total. The molecule has 18 heavy (non-hydrogen) atoms. The predicted molar refractivity (Wildman–Crippen MR) is 51.7 cm³/mol. The Bertz CT molecular complexity index is 448. The van der Waals surface area contributed by atoms with Crippen LogP contribution in [0.1, 0.15) is 13.3 Å². The van der Waals surface area contributed by atoms with E-state index in [4.69, 9.17) is 10.8 Å². The minimum atomic E-state index is -3.84. The van der Waals surface area contributed by atoms with Gasteiger partial charge in [-0.05, 0) is 6.42 Å². The summed E-state index contributed by atoms with van der Waals surface area (Å²) >= 11 is 0. The Morgan fingerprint density at radius 1 is 1.44 bits per heavy atom. The number of rotatable bonds is 3. The molecule has 0 aliphatic heterocycles. The van der Waals surface area contributed by atoms with Gasteiger partial charge in [-0.25, -0.2) is 22.0 Å². The summed E-state index contributed by atoms with van der Waals surface area (Å²) in [7, 11) is 0. The molecule has 1 rings (SSSR count). The molecule has 0 amide bonds. The van der Waals surface area contributed by atoms with Crippen molar-refractivity contribution in [3.63, 3.8) is 0 Å². The standard InChI is InChI=1S/C10H10F5NO2/c1-2-3(9(17)18)10(15)7(13)5(12)4(11)6(16)8(10)14/h3,8H,2,16H2,1H3,(H,17,18)/t3-,8+,10+/m1/s1. The number of carbonyl (C=O) groups is 1. The van der Waals surface area contributed by atoms with Crippen LogP contribution in [-0.2, 0) is 4.79 Å². The highest BCUT2D eigenvalue weighted by Gasteiger charge is 2.59. The molecule has 0 spiro atoms. The summed E-state index contributed by atoms with van der Waals surface area (Å²) < 4.78 is 67.2. The molecule has 1 aliphatic carbocycles. The fourth-order valence-electron chi connectivity index (χ4n) is 1.82. The van der Waals surface area contributed by atoms with E-state index in [0.717, 1.165) is 6.92 Å². The minimum Gasteiger partial charge on any atom is -0.481 e. The number of carboxylic acid groups (broad SMARTS) is 1. The van der Waals surface area contributed by atoms with Crippen molar-refractivity contribution >= 4 is 5.97 Å². The van der Waals surface area contributed by atoms with Gasteiger partial charge < -0.3 is 10.8 Å². The quantitative estimate of drug-likeness (QED) is 0.775. The third-order valence-electron chi connectivity index (χ3n) is 2.83. The lowest BCUT2D eigenvalue weighted by molar-refractivity contribution is -0.149. The fourth-order valence-corrected chi connectivity index (χ4v) is 1.82. The molecule has 1 aliphatic rings. The number of aliphatic carboxylic acids is 1. The second-order valence-corrected chi connectivity index (χ2v) is 3.83. The summed E-state index contributed by atoms with van der Waals surface area (Å²) in [5.41, 5.74) is -0.534. The van der Waals surface area contributed by atoms with Gasteiger partial charge in [-0.2, -0.15) is 0 Å². The molecule has 0 aromatic rings. The van der Waals surface area contributed by atoms with Crippen molar-refractivity contribution in [3.8, 4) is 0 Å². The van der Waals surface area contributed by atoms with Gasteiger partial charge in [0.05, 0.1) is 5.70 Å². The van der Waals surface area contributed by atoms with E-state index in [-0.39, 0.29) is 0 Å². The van der Waals surface area contributed by atoms with Crippen molar-refractivity contribution in [2.24, 2.45) is 11.7 Å². The summed E-state index contributed by atoms with van der Waals surface area (Å²) in [6.45, 7) is 1.14. The first kappa shape index (κ1) is 14.5. The van der Waals surface area contributed by atoms with Crippen molar-refractivity contribution in [2.45, 2.75) is 25.2 Å². The Morgan fingerprint density at radius 2 is 1.94 bits per heavy atom. The number of carboxylic acids is 1. The molecule has 0 aromatic heterocycles. The van der Waals surface area contributed by atoms with Gasteiger partial charge in [-0.3, -0.25) is 4.79 Å². The van der Waals surface area contributed by atoms with E-state index < -0.39 is 53.3 Å². The maximum Gasteiger partial charge on any atom is 0.310 e. The Hall–Kier alpha value is -1.60. The van der Waals surface area contributed by atoms with Crippen LogP contribution in [0.15, 0.2) is 23.2 Å². The summed E-state index contributed by atoms with van der Waals surface area (Å²) in [6, 6.07) is 0. The second kappa shape index (κ2) is 4.58. The Kier molecular flexibility index (Phi) is 3.68. The lowest BCUT2D eigenvalue weighted by Crippen LogP contribution is -2.51. The molecule has 0 radical (unpaired) electrons. The smallest absolute Gasteiger partial charge is 0.310 e. The normalized spacial score (nSPS) is 30.7. The van der Waals surface area contributed by atoms with Gasteiger partial charge in [0, 0.05) is 0 Å². The first-order chi connectivity index (χ1) is 8.19. The van der Waals surface area contributed by atoms with Crippen molar-refractivity contribution in [1.29, 1.82) is 0 Å². The van der Waals surface area contributed by atoms with E-state index in [1.54, 1.807) is 0 Å². The second-order valence-electron chi connectivity index (χ2n) is 3.83. The number of allylic oxidation sites excluding steroid dienone is 4. The van der Waals surface area contributed by atoms with Gasteiger partial charge >= 0.3 is 5.97 Å². The number of nitrogens with two attached hydrogens (primary N) is 1. The minimum absolute atomic E-state index is 0.526. The van der Waals surface area contributed by atoms with E-state index in [0.29, 0.717) is 0 Å². The average Bonchev–Trinajstić information content (AvgIpc) is 2.32. The molecule has 8 heteroatoms. The topological polar surface area (TPSA) is 63.3 Å². The molecule has 0 bridgehead atoms. The lowest BCUT2D eigenvalue weighted by Gasteiger charge is -2.34. The van der Waals surface area contributed by atoms with Crippen LogP contribution in [0.25, 0.3) is 0 Å². The third-order valence-corrected chi connectivity index (χ3v) is 2.83. The van der Waals surface area contributed by atoms with Crippen LogP contribution < -0.4 is 5.73 Å². The maximum atomic E-state index is 14.2. The van der Waals surface area contributed by atoms with Gasteiger partial charge in [0.1, 0.15) is 5.92 Å². The maximum absolute atomic E-state index is 14.2. The third kappa shape index (κ3) is 1.75. The monoisotopic (exact) mass is 271 g/mol. The summed E-state index contributed by atoms with van der Waals surface area (Å²) in [4.78, 5) is 10.8. The first-order valence-corrected chi connectivity index (χ1v) is 4.96. The molecular formula is C10H10F5NO2. The van der Waals surface area contributed by atoms with E-state index in [1.165, 1.54) is 0 Å². The fraction of sp³-hybridized carbons (Fsp3) is 0.500. The van der Waals surface area contributed by atoms with E-state index in [9.17, 15) is 26.7 Å². The number of halogens is 5. The van der Waals surface area contributed by atoms with Gasteiger partial charge in [0.15, 0.2) is 23.7 Å². The van der Waals surface area contributed by atoms with Crippen LogP contribution in [0, 0.1) is 5.92 Å². The highest BCUT2D eigenvalue weighted by atomic mass is 19.2. The molecule has 0 fully saturated rings. The SMILES string of the molecule is CC[C@H](C(=O)O)[C@]1(F)C(F)=C(F)C(F)=C(N)[C@@H]1F. The van der Waals surface area contributed by atoms with Crippen LogP contribution in [0.4, 0.5) is 22.0 Å². The van der Waals surface area contributed by atoms with Crippen LogP contribution in [-0.4, -0.2) is 22.9 Å². The van der Waals surface area contributed by atoms with E-state index >= 15 is 0 Å². The zero-order valence-corrected chi connectivity index (χ0v) is 9.18. The molecule has 0 heterocycles. The Balaban J connectivity index is 3.45. The summed E-state index contributed by atoms with van der Waals surface area (Å²) in [5.74, 6) is -10.9. The van der Waals surface area contributed by atoms with E-state index in [1.807, 2.05) is 0 Å². The van der Waals surface area contributed by atoms with Gasteiger partial charge in [-0.1, -0.05) is 6.92 Å². The van der Waals surface area contributed by atoms with Crippen molar-refractivity contribution in [3.05, 3.63) is 23.2 Å². The predicted octanol–water partition coefficient (Wildman–Crippen LogP) is 2.45. The van der Waals surface area contributed by atoms with Gasteiger partial charge in [0.25, 0.3) is 0 Å². The van der Waals surface area contributed by atoms with Crippen LogP contribution in [0.2, 0.25) is 0 Å². The number of hydrogen-bond acceptors (Lipinski definition) is 2. The lowest BCUT2D eigenvalue weighted by atomic mass is 9.78. The highest BCUT2D eigenvalue weighted by molar-refractivity contribution is 5.73. The Morgan fingerprint density at radius 3 is 2.33 bits per heavy atom. The van der Waals surface area contributed by atoms with Crippen LogP contribution in [0.3, 0.4) is 0 Å². The van der Waals surface area contributed by atoms with Crippen molar-refractivity contribution in [1.82, 2.24) is 0 Å². The zero-order chi connectivity index (χ0) is 14.2. The molecule has 0 unspecified atom stereocenters. The van der Waals surface area contributed by atoms with Crippen molar-refractivity contribution < 1.29 is 31.9 Å². The van der Waals surface area contributed by atoms with Crippen LogP contribution >= 0.6 is 0 Å². The molecule has 0 saturated carbocycles.